The van der Waals surface area contributed by atoms with E-state index in [0.717, 1.165) is 0 Å². The molecular weight excluding hydrogens is 238 g/mol. The number of rotatable bonds is 4. The fourth-order valence-electron chi connectivity index (χ4n) is 1.16. The molecule has 1 aromatic rings. The molecule has 0 amide bonds. The third kappa shape index (κ3) is 2.68. The van der Waals surface area contributed by atoms with Crippen LogP contribution in [0.3, 0.4) is 0 Å². The standard InChI is InChI=1S/C9H11ClF2N4/c1-15(2)3-4-16-8(10)6(5-13)7(14-16)9(11)12/h9H,3-4H2,1-2H3. The lowest BCUT2D eigenvalue weighted by Gasteiger charge is -2.09. The van der Waals surface area contributed by atoms with Crippen molar-refractivity contribution in [2.24, 2.45) is 0 Å². The van der Waals surface area contributed by atoms with Gasteiger partial charge in [0.05, 0.1) is 6.54 Å². The van der Waals surface area contributed by atoms with Crippen LogP contribution in [-0.2, 0) is 6.54 Å². The zero-order chi connectivity index (χ0) is 12.3. The lowest BCUT2D eigenvalue weighted by molar-refractivity contribution is 0.144. The zero-order valence-corrected chi connectivity index (χ0v) is 9.67. The van der Waals surface area contributed by atoms with Gasteiger partial charge in [0.15, 0.2) is 0 Å². The van der Waals surface area contributed by atoms with E-state index in [1.165, 1.54) is 4.68 Å². The average molecular weight is 249 g/mol. The summed E-state index contributed by atoms with van der Waals surface area (Å²) >= 11 is 5.78. The van der Waals surface area contributed by atoms with E-state index in [9.17, 15) is 8.78 Å². The van der Waals surface area contributed by atoms with E-state index >= 15 is 0 Å². The minimum atomic E-state index is -2.78. The van der Waals surface area contributed by atoms with Gasteiger partial charge in [-0.15, -0.1) is 0 Å². The maximum absolute atomic E-state index is 12.5. The minimum absolute atomic E-state index is 0.0281. The lowest BCUT2D eigenvalue weighted by Crippen LogP contribution is -2.19. The number of nitriles is 1. The average Bonchev–Trinajstić information content (AvgIpc) is 2.52. The van der Waals surface area contributed by atoms with Gasteiger partial charge < -0.3 is 4.90 Å². The first-order valence-electron chi connectivity index (χ1n) is 4.56. The van der Waals surface area contributed by atoms with E-state index in [0.29, 0.717) is 13.1 Å². The summed E-state index contributed by atoms with van der Waals surface area (Å²) in [5.41, 5.74) is -0.790. The molecule has 0 aliphatic rings. The van der Waals surface area contributed by atoms with Crippen LogP contribution >= 0.6 is 11.6 Å². The van der Waals surface area contributed by atoms with Gasteiger partial charge in [-0.2, -0.15) is 10.4 Å². The molecule has 0 fully saturated rings. The molecule has 0 aliphatic heterocycles. The molecule has 88 valence electrons. The molecule has 1 aromatic heterocycles. The summed E-state index contributed by atoms with van der Waals surface area (Å²) in [6.07, 6.45) is -2.78. The minimum Gasteiger partial charge on any atom is -0.308 e. The molecule has 0 saturated carbocycles. The molecule has 0 radical (unpaired) electrons. The first-order chi connectivity index (χ1) is 7.47. The third-order valence-electron chi connectivity index (χ3n) is 2.00. The quantitative estimate of drug-likeness (QED) is 0.818. The highest BCUT2D eigenvalue weighted by Gasteiger charge is 2.22. The predicted molar refractivity (Wildman–Crippen MR) is 55.5 cm³/mol. The van der Waals surface area contributed by atoms with Gasteiger partial charge >= 0.3 is 0 Å². The van der Waals surface area contributed by atoms with Crippen LogP contribution in [0.4, 0.5) is 8.78 Å². The Kier molecular flexibility index (Phi) is 4.21. The normalized spacial score (nSPS) is 11.1. The number of hydrogen-bond acceptors (Lipinski definition) is 3. The van der Waals surface area contributed by atoms with Crippen LogP contribution in [0.15, 0.2) is 0 Å². The van der Waals surface area contributed by atoms with Gasteiger partial charge in [0.2, 0.25) is 0 Å². The molecular formula is C9H11ClF2N4. The van der Waals surface area contributed by atoms with Crippen LogP contribution < -0.4 is 0 Å². The highest BCUT2D eigenvalue weighted by molar-refractivity contribution is 6.30. The molecule has 1 rings (SSSR count). The van der Waals surface area contributed by atoms with Crippen molar-refractivity contribution >= 4 is 11.6 Å². The third-order valence-corrected chi connectivity index (χ3v) is 2.38. The van der Waals surface area contributed by atoms with Gasteiger partial charge in [-0.25, -0.2) is 8.78 Å². The van der Waals surface area contributed by atoms with Crippen molar-refractivity contribution in [1.82, 2.24) is 14.7 Å². The predicted octanol–water partition coefficient (Wildman–Crippen LogP) is 1.91. The van der Waals surface area contributed by atoms with Crippen LogP contribution in [0.5, 0.6) is 0 Å². The number of hydrogen-bond donors (Lipinski definition) is 0. The van der Waals surface area contributed by atoms with Crippen molar-refractivity contribution in [2.45, 2.75) is 13.0 Å². The monoisotopic (exact) mass is 248 g/mol. The Bertz CT molecular complexity index is 408. The van der Waals surface area contributed by atoms with Gasteiger partial charge in [0.1, 0.15) is 22.5 Å². The fraction of sp³-hybridized carbons (Fsp3) is 0.556. The van der Waals surface area contributed by atoms with Gasteiger partial charge in [0, 0.05) is 6.54 Å². The van der Waals surface area contributed by atoms with Crippen molar-refractivity contribution in [1.29, 1.82) is 5.26 Å². The number of alkyl halides is 2. The summed E-state index contributed by atoms with van der Waals surface area (Å²) in [7, 11) is 3.69. The number of likely N-dealkylation sites (N-methyl/N-ethyl adjacent to an activating group) is 1. The topological polar surface area (TPSA) is 44.9 Å². The molecule has 0 bridgehead atoms. The Morgan fingerprint density at radius 1 is 1.56 bits per heavy atom. The number of halogens is 3. The van der Waals surface area contributed by atoms with Crippen LogP contribution in [-0.4, -0.2) is 35.3 Å². The van der Waals surface area contributed by atoms with E-state index in [-0.39, 0.29) is 10.7 Å². The molecule has 0 atom stereocenters. The molecule has 0 unspecified atom stereocenters. The molecule has 16 heavy (non-hydrogen) atoms. The van der Waals surface area contributed by atoms with E-state index in [1.54, 1.807) is 6.07 Å². The van der Waals surface area contributed by atoms with Crippen molar-refractivity contribution in [3.63, 3.8) is 0 Å². The molecule has 4 nitrogen and oxygen atoms in total. The second-order valence-electron chi connectivity index (χ2n) is 3.49. The number of aromatic nitrogens is 2. The largest absolute Gasteiger partial charge is 0.308 e. The Hall–Kier alpha value is -1.19. The summed E-state index contributed by atoms with van der Waals surface area (Å²) in [6, 6.07) is 1.64. The smallest absolute Gasteiger partial charge is 0.283 e. The Balaban J connectivity index is 3.00. The van der Waals surface area contributed by atoms with Crippen LogP contribution in [0.1, 0.15) is 17.7 Å². The van der Waals surface area contributed by atoms with Crippen LogP contribution in [0.2, 0.25) is 5.15 Å². The molecule has 0 aromatic carbocycles. The van der Waals surface area contributed by atoms with Crippen LogP contribution in [0.25, 0.3) is 0 Å². The second kappa shape index (κ2) is 5.23. The molecule has 0 saturated heterocycles. The Morgan fingerprint density at radius 2 is 2.19 bits per heavy atom. The molecule has 7 heteroatoms. The molecule has 0 aliphatic carbocycles. The van der Waals surface area contributed by atoms with Gasteiger partial charge in [0.25, 0.3) is 6.43 Å². The van der Waals surface area contributed by atoms with Crippen molar-refractivity contribution in [3.8, 4) is 6.07 Å². The van der Waals surface area contributed by atoms with Crippen LogP contribution in [0, 0.1) is 11.3 Å². The SMILES string of the molecule is CN(C)CCn1nc(C(F)F)c(C#N)c1Cl. The fourth-order valence-corrected chi connectivity index (χ4v) is 1.42. The van der Waals surface area contributed by atoms with E-state index in [4.69, 9.17) is 16.9 Å². The van der Waals surface area contributed by atoms with Gasteiger partial charge in [-0.05, 0) is 14.1 Å². The zero-order valence-electron chi connectivity index (χ0n) is 8.91. The summed E-state index contributed by atoms with van der Waals surface area (Å²) in [5.74, 6) is 0. The summed E-state index contributed by atoms with van der Waals surface area (Å²) in [4.78, 5) is 1.87. The maximum Gasteiger partial charge on any atom is 0.283 e. The highest BCUT2D eigenvalue weighted by atomic mass is 35.5. The second-order valence-corrected chi connectivity index (χ2v) is 3.85. The van der Waals surface area contributed by atoms with Crippen molar-refractivity contribution < 1.29 is 8.78 Å². The Morgan fingerprint density at radius 3 is 2.56 bits per heavy atom. The molecule has 0 N–H and O–H groups in total. The van der Waals surface area contributed by atoms with E-state index in [1.807, 2.05) is 19.0 Å². The summed E-state index contributed by atoms with van der Waals surface area (Å²) in [5, 5.41) is 12.3. The first-order valence-corrected chi connectivity index (χ1v) is 4.94. The van der Waals surface area contributed by atoms with Crippen molar-refractivity contribution in [3.05, 3.63) is 16.4 Å². The summed E-state index contributed by atoms with van der Waals surface area (Å²) < 4.78 is 26.2. The number of nitrogens with zero attached hydrogens (tertiary/aromatic N) is 4. The van der Waals surface area contributed by atoms with Crippen molar-refractivity contribution in [2.75, 3.05) is 20.6 Å². The Labute approximate surface area is 97.0 Å². The van der Waals surface area contributed by atoms with Gasteiger partial charge in [-0.1, -0.05) is 11.6 Å². The maximum atomic E-state index is 12.5. The molecule has 1 heterocycles. The van der Waals surface area contributed by atoms with E-state index < -0.39 is 12.1 Å². The highest BCUT2D eigenvalue weighted by Crippen LogP contribution is 2.26. The van der Waals surface area contributed by atoms with Gasteiger partial charge in [-0.3, -0.25) is 4.68 Å². The first kappa shape index (κ1) is 12.9. The molecule has 0 spiro atoms. The summed E-state index contributed by atoms with van der Waals surface area (Å²) in [6.45, 7) is 0.974. The lowest BCUT2D eigenvalue weighted by atomic mass is 10.3. The van der Waals surface area contributed by atoms with E-state index in [2.05, 4.69) is 5.10 Å².